The van der Waals surface area contributed by atoms with E-state index in [-0.39, 0.29) is 12.5 Å². The van der Waals surface area contributed by atoms with E-state index in [1.165, 1.54) is 6.21 Å². The molecule has 5 heteroatoms. The highest BCUT2D eigenvalue weighted by Gasteiger charge is 2.36. The third kappa shape index (κ3) is 2.06. The van der Waals surface area contributed by atoms with Gasteiger partial charge in [0.25, 0.3) is 0 Å². The van der Waals surface area contributed by atoms with Gasteiger partial charge in [-0.05, 0) is 6.42 Å². The molecule has 0 saturated carbocycles. The number of amidine groups is 1. The Bertz CT molecular complexity index is 217. The van der Waals surface area contributed by atoms with E-state index in [1.54, 1.807) is 0 Å². The van der Waals surface area contributed by atoms with Gasteiger partial charge in [-0.2, -0.15) is 13.2 Å². The average molecular weight is 178 g/mol. The van der Waals surface area contributed by atoms with Crippen LogP contribution in [0.25, 0.3) is 0 Å². The van der Waals surface area contributed by atoms with Crippen LogP contribution in [0.5, 0.6) is 0 Å². The zero-order valence-corrected chi connectivity index (χ0v) is 6.60. The van der Waals surface area contributed by atoms with Gasteiger partial charge in [0.05, 0.1) is 0 Å². The quantitative estimate of drug-likeness (QED) is 0.587. The Morgan fingerprint density at radius 2 is 2.25 bits per heavy atom. The van der Waals surface area contributed by atoms with Crippen molar-refractivity contribution in [3.05, 3.63) is 0 Å². The summed E-state index contributed by atoms with van der Waals surface area (Å²) >= 11 is 0. The maximum Gasteiger partial charge on any atom is 0.451 e. The Morgan fingerprint density at radius 1 is 1.58 bits per heavy atom. The fourth-order valence-corrected chi connectivity index (χ4v) is 0.865. The molecule has 0 amide bonds. The molecule has 0 aliphatic carbocycles. The van der Waals surface area contributed by atoms with Crippen molar-refractivity contribution < 1.29 is 13.2 Å². The first kappa shape index (κ1) is 9.22. The molecule has 0 spiro atoms. The fraction of sp³-hybridized carbons (Fsp3) is 0.714. The van der Waals surface area contributed by atoms with E-state index in [1.807, 2.05) is 6.92 Å². The van der Waals surface area contributed by atoms with Crippen molar-refractivity contribution in [1.82, 2.24) is 0 Å². The summed E-state index contributed by atoms with van der Waals surface area (Å²) in [6.45, 7) is 2.10. The van der Waals surface area contributed by atoms with Gasteiger partial charge in [-0.15, -0.1) is 0 Å². The summed E-state index contributed by atoms with van der Waals surface area (Å²) in [5.41, 5.74) is 0. The Balaban J connectivity index is 2.64. The van der Waals surface area contributed by atoms with Gasteiger partial charge in [0.2, 0.25) is 5.84 Å². The molecule has 0 aromatic carbocycles. The van der Waals surface area contributed by atoms with Gasteiger partial charge >= 0.3 is 6.18 Å². The zero-order chi connectivity index (χ0) is 9.19. The highest BCUT2D eigenvalue weighted by atomic mass is 19.4. The van der Waals surface area contributed by atoms with Gasteiger partial charge < -0.3 is 0 Å². The number of halogens is 3. The Kier molecular flexibility index (Phi) is 2.49. The van der Waals surface area contributed by atoms with Crippen LogP contribution in [0, 0.1) is 5.92 Å². The van der Waals surface area contributed by atoms with E-state index >= 15 is 0 Å². The van der Waals surface area contributed by atoms with Gasteiger partial charge in [0.1, 0.15) is 0 Å². The molecule has 2 nitrogen and oxygen atoms in total. The zero-order valence-electron chi connectivity index (χ0n) is 6.60. The van der Waals surface area contributed by atoms with Crippen molar-refractivity contribution in [1.29, 1.82) is 0 Å². The molecular weight excluding hydrogens is 169 g/mol. The average Bonchev–Trinajstić information content (AvgIpc) is 2.03. The second-order valence-corrected chi connectivity index (χ2v) is 2.61. The van der Waals surface area contributed by atoms with Crippen LogP contribution >= 0.6 is 0 Å². The van der Waals surface area contributed by atoms with Crippen LogP contribution in [0.1, 0.15) is 13.3 Å². The lowest BCUT2D eigenvalue weighted by atomic mass is 10.1. The summed E-state index contributed by atoms with van der Waals surface area (Å²) < 4.78 is 35.8. The Labute approximate surface area is 68.2 Å². The van der Waals surface area contributed by atoms with Crippen molar-refractivity contribution in [2.45, 2.75) is 19.5 Å². The van der Waals surface area contributed by atoms with Crippen molar-refractivity contribution >= 4 is 12.1 Å². The molecule has 0 fully saturated rings. The number of aliphatic imine (C=N–C) groups is 2. The Morgan fingerprint density at radius 3 is 2.58 bits per heavy atom. The van der Waals surface area contributed by atoms with E-state index in [0.717, 1.165) is 6.42 Å². The summed E-state index contributed by atoms with van der Waals surface area (Å²) in [6.07, 6.45) is -2.29. The maximum atomic E-state index is 11.9. The van der Waals surface area contributed by atoms with Crippen LogP contribution < -0.4 is 0 Å². The number of hydrogen-bond acceptors (Lipinski definition) is 2. The lowest BCUT2D eigenvalue weighted by molar-refractivity contribution is -0.0600. The molecule has 12 heavy (non-hydrogen) atoms. The van der Waals surface area contributed by atoms with Crippen molar-refractivity contribution in [2.75, 3.05) is 6.54 Å². The monoisotopic (exact) mass is 178 g/mol. The molecule has 1 heterocycles. The number of hydrogen-bond donors (Lipinski definition) is 0. The number of rotatable bonds is 1. The van der Waals surface area contributed by atoms with Gasteiger partial charge in [-0.25, -0.2) is 4.99 Å². The third-order valence-corrected chi connectivity index (χ3v) is 1.66. The molecule has 1 unspecified atom stereocenters. The molecular formula is C7H9F3N2. The Hall–Kier alpha value is -0.870. The SMILES string of the molecule is CCC1C=NC(C(F)(F)F)=NC1. The largest absolute Gasteiger partial charge is 0.451 e. The summed E-state index contributed by atoms with van der Waals surface area (Å²) in [4.78, 5) is 6.60. The van der Waals surface area contributed by atoms with E-state index in [9.17, 15) is 13.2 Å². The van der Waals surface area contributed by atoms with Crippen LogP contribution in [0.4, 0.5) is 13.2 Å². The second kappa shape index (κ2) is 3.25. The second-order valence-electron chi connectivity index (χ2n) is 2.61. The maximum absolute atomic E-state index is 11.9. The van der Waals surface area contributed by atoms with Gasteiger partial charge in [0, 0.05) is 18.7 Å². The highest BCUT2D eigenvalue weighted by molar-refractivity contribution is 5.95. The van der Waals surface area contributed by atoms with E-state index in [2.05, 4.69) is 9.98 Å². The molecule has 0 saturated heterocycles. The molecule has 1 atom stereocenters. The standard InChI is InChI=1S/C7H9F3N2/c1-2-5-3-11-6(12-4-5)7(8,9)10/h3,5H,2,4H2,1H3. The summed E-state index contributed by atoms with van der Waals surface area (Å²) in [5.74, 6) is -0.941. The molecule has 68 valence electrons. The molecule has 0 aromatic rings. The minimum absolute atomic E-state index is 0.0658. The smallest absolute Gasteiger partial charge is 0.262 e. The van der Waals surface area contributed by atoms with Crippen LogP contribution in [0.2, 0.25) is 0 Å². The van der Waals surface area contributed by atoms with Gasteiger partial charge in [0.15, 0.2) is 0 Å². The van der Waals surface area contributed by atoms with Crippen LogP contribution in [0.15, 0.2) is 9.98 Å². The van der Waals surface area contributed by atoms with Crippen LogP contribution in [-0.4, -0.2) is 24.8 Å². The predicted octanol–water partition coefficient (Wildman–Crippen LogP) is 2.06. The summed E-state index contributed by atoms with van der Waals surface area (Å²) in [7, 11) is 0. The van der Waals surface area contributed by atoms with Gasteiger partial charge in [-0.3, -0.25) is 4.99 Å². The first-order valence-corrected chi connectivity index (χ1v) is 3.70. The fourth-order valence-electron chi connectivity index (χ4n) is 0.865. The predicted molar refractivity (Wildman–Crippen MR) is 40.6 cm³/mol. The first-order chi connectivity index (χ1) is 5.54. The molecule has 0 radical (unpaired) electrons. The minimum atomic E-state index is -4.39. The lowest BCUT2D eigenvalue weighted by Gasteiger charge is -2.13. The molecule has 1 aliphatic heterocycles. The molecule has 0 bridgehead atoms. The molecule has 0 aromatic heterocycles. The summed E-state index contributed by atoms with van der Waals surface area (Å²) in [6, 6.07) is 0. The molecule has 0 N–H and O–H groups in total. The lowest BCUT2D eigenvalue weighted by Crippen LogP contribution is -2.26. The summed E-state index contributed by atoms with van der Waals surface area (Å²) in [5, 5.41) is 0. The molecule has 1 aliphatic rings. The van der Waals surface area contributed by atoms with Crippen molar-refractivity contribution in [3.63, 3.8) is 0 Å². The topological polar surface area (TPSA) is 24.7 Å². The highest BCUT2D eigenvalue weighted by Crippen LogP contribution is 2.20. The third-order valence-electron chi connectivity index (χ3n) is 1.66. The normalized spacial score (nSPS) is 24.0. The van der Waals surface area contributed by atoms with Crippen LogP contribution in [-0.2, 0) is 0 Å². The minimum Gasteiger partial charge on any atom is -0.262 e. The number of nitrogens with zero attached hydrogens (tertiary/aromatic N) is 2. The molecule has 1 rings (SSSR count). The van der Waals surface area contributed by atoms with Gasteiger partial charge in [-0.1, -0.05) is 6.92 Å². The number of alkyl halides is 3. The van der Waals surface area contributed by atoms with E-state index < -0.39 is 12.0 Å². The first-order valence-electron chi connectivity index (χ1n) is 3.70. The van der Waals surface area contributed by atoms with Crippen LogP contribution in [0.3, 0.4) is 0 Å². The van der Waals surface area contributed by atoms with E-state index in [4.69, 9.17) is 0 Å². The van der Waals surface area contributed by atoms with Crippen molar-refractivity contribution in [2.24, 2.45) is 15.9 Å². The van der Waals surface area contributed by atoms with E-state index in [0.29, 0.717) is 0 Å². The van der Waals surface area contributed by atoms with Crippen molar-refractivity contribution in [3.8, 4) is 0 Å².